The third-order valence-electron chi connectivity index (χ3n) is 2.64. The maximum atomic E-state index is 11.9. The maximum absolute atomic E-state index is 11.9. The summed E-state index contributed by atoms with van der Waals surface area (Å²) in [7, 11) is 0. The van der Waals surface area contributed by atoms with Crippen LogP contribution < -0.4 is 5.73 Å². The molecule has 2 N–H and O–H groups in total. The Morgan fingerprint density at radius 3 is 2.47 bits per heavy atom. The molecule has 0 aliphatic carbocycles. The summed E-state index contributed by atoms with van der Waals surface area (Å²) in [6.45, 7) is 2.02. The number of nitrogen functional groups attached to an aromatic ring is 1. The van der Waals surface area contributed by atoms with Crippen molar-refractivity contribution >= 4 is 22.8 Å². The van der Waals surface area contributed by atoms with Gasteiger partial charge >= 0.3 is 0 Å². The molecule has 0 saturated heterocycles. The van der Waals surface area contributed by atoms with Crippen molar-refractivity contribution in [1.82, 2.24) is 0 Å². The van der Waals surface area contributed by atoms with Crippen LogP contribution in [0.15, 0.2) is 36.4 Å². The minimum atomic E-state index is 0.222. The van der Waals surface area contributed by atoms with E-state index in [-0.39, 0.29) is 5.78 Å². The second-order valence-corrected chi connectivity index (χ2v) is 5.36. The van der Waals surface area contributed by atoms with Crippen molar-refractivity contribution in [3.8, 4) is 0 Å². The predicted molar refractivity (Wildman–Crippen MR) is 72.6 cm³/mol. The lowest BCUT2D eigenvalue weighted by Gasteiger charge is -2.00. The number of hydrogen-bond acceptors (Lipinski definition) is 3. The molecule has 2 rings (SSSR count). The van der Waals surface area contributed by atoms with E-state index in [2.05, 4.69) is 0 Å². The molecular formula is C14H15NOS. The zero-order valence-electron chi connectivity index (χ0n) is 9.77. The molecule has 0 saturated carbocycles. The quantitative estimate of drug-likeness (QED) is 0.662. The van der Waals surface area contributed by atoms with E-state index in [9.17, 15) is 4.79 Å². The van der Waals surface area contributed by atoms with Crippen LogP contribution in [-0.2, 0) is 6.42 Å². The lowest BCUT2D eigenvalue weighted by molar-refractivity contribution is 0.0987. The molecule has 0 unspecified atom stereocenters. The van der Waals surface area contributed by atoms with Crippen molar-refractivity contribution in [3.05, 3.63) is 51.7 Å². The summed E-state index contributed by atoms with van der Waals surface area (Å²) in [6.07, 6.45) is 1.33. The molecule has 1 aromatic heterocycles. The van der Waals surface area contributed by atoms with Crippen LogP contribution in [0.1, 0.15) is 26.5 Å². The molecule has 0 fully saturated rings. The summed E-state index contributed by atoms with van der Waals surface area (Å²) in [5.41, 5.74) is 7.52. The standard InChI is InChI=1S/C14H15NOS/c1-10-2-9-14(17-10)13(16)8-5-11-3-6-12(15)7-4-11/h2-4,6-7,9H,5,8,15H2,1H3. The second kappa shape index (κ2) is 5.15. The normalized spacial score (nSPS) is 10.4. The van der Waals surface area contributed by atoms with Crippen LogP contribution in [0.25, 0.3) is 0 Å². The van der Waals surface area contributed by atoms with Gasteiger partial charge in [0.25, 0.3) is 0 Å². The largest absolute Gasteiger partial charge is 0.399 e. The number of thiophene rings is 1. The van der Waals surface area contributed by atoms with E-state index in [1.54, 1.807) is 11.3 Å². The first-order valence-corrected chi connectivity index (χ1v) is 6.41. The van der Waals surface area contributed by atoms with Crippen molar-refractivity contribution < 1.29 is 4.79 Å². The number of anilines is 1. The van der Waals surface area contributed by atoms with Crippen molar-refractivity contribution in [2.45, 2.75) is 19.8 Å². The molecule has 0 aliphatic heterocycles. The summed E-state index contributed by atoms with van der Waals surface area (Å²) >= 11 is 1.56. The second-order valence-electron chi connectivity index (χ2n) is 4.08. The predicted octanol–water partition coefficient (Wildman–Crippen LogP) is 3.45. The van der Waals surface area contributed by atoms with Gasteiger partial charge < -0.3 is 5.73 Å². The van der Waals surface area contributed by atoms with Crippen molar-refractivity contribution in [3.63, 3.8) is 0 Å². The Morgan fingerprint density at radius 2 is 1.88 bits per heavy atom. The van der Waals surface area contributed by atoms with Gasteiger partial charge in [0.2, 0.25) is 0 Å². The Hall–Kier alpha value is -1.61. The van der Waals surface area contributed by atoms with Crippen LogP contribution in [-0.4, -0.2) is 5.78 Å². The number of hydrogen-bond donors (Lipinski definition) is 1. The van der Waals surface area contributed by atoms with E-state index in [1.165, 1.54) is 4.88 Å². The molecule has 0 spiro atoms. The first-order valence-electron chi connectivity index (χ1n) is 5.59. The number of benzene rings is 1. The van der Waals surface area contributed by atoms with E-state index in [1.807, 2.05) is 43.3 Å². The molecule has 0 atom stereocenters. The van der Waals surface area contributed by atoms with E-state index < -0.39 is 0 Å². The van der Waals surface area contributed by atoms with Gasteiger partial charge in [0.1, 0.15) is 0 Å². The lowest BCUT2D eigenvalue weighted by atomic mass is 10.1. The van der Waals surface area contributed by atoms with E-state index >= 15 is 0 Å². The lowest BCUT2D eigenvalue weighted by Crippen LogP contribution is -1.98. The number of ketones is 1. The molecule has 0 radical (unpaired) electrons. The van der Waals surface area contributed by atoms with Crippen molar-refractivity contribution in [2.24, 2.45) is 0 Å². The van der Waals surface area contributed by atoms with Gasteiger partial charge in [-0.1, -0.05) is 12.1 Å². The highest BCUT2D eigenvalue weighted by Crippen LogP contribution is 2.18. The van der Waals surface area contributed by atoms with Gasteiger partial charge in [-0.3, -0.25) is 4.79 Å². The Kier molecular flexibility index (Phi) is 3.59. The fourth-order valence-corrected chi connectivity index (χ4v) is 2.48. The van der Waals surface area contributed by atoms with Gasteiger partial charge in [-0.25, -0.2) is 0 Å². The van der Waals surface area contributed by atoms with Crippen LogP contribution in [0.3, 0.4) is 0 Å². The van der Waals surface area contributed by atoms with Gasteiger partial charge in [-0.2, -0.15) is 0 Å². The molecule has 0 bridgehead atoms. The average Bonchev–Trinajstić information content (AvgIpc) is 2.75. The molecule has 2 aromatic rings. The zero-order valence-corrected chi connectivity index (χ0v) is 10.6. The summed E-state index contributed by atoms with van der Waals surface area (Å²) < 4.78 is 0. The Labute approximate surface area is 105 Å². The highest BCUT2D eigenvalue weighted by molar-refractivity contribution is 7.14. The molecule has 88 valence electrons. The molecule has 1 aromatic carbocycles. The van der Waals surface area contributed by atoms with E-state index in [0.29, 0.717) is 6.42 Å². The van der Waals surface area contributed by atoms with Gasteiger partial charge in [0.15, 0.2) is 5.78 Å². The molecule has 0 amide bonds. The number of aryl methyl sites for hydroxylation is 2. The number of carbonyl (C=O) groups is 1. The monoisotopic (exact) mass is 245 g/mol. The topological polar surface area (TPSA) is 43.1 Å². The minimum absolute atomic E-state index is 0.222. The molecule has 2 nitrogen and oxygen atoms in total. The average molecular weight is 245 g/mol. The Bertz CT molecular complexity index is 513. The molecule has 3 heteroatoms. The summed E-state index contributed by atoms with van der Waals surface area (Å²) in [4.78, 5) is 13.9. The molecular weight excluding hydrogens is 230 g/mol. The van der Waals surface area contributed by atoms with Gasteiger partial charge in [-0.05, 0) is 43.2 Å². The Balaban J connectivity index is 1.94. The van der Waals surface area contributed by atoms with Gasteiger partial charge in [0, 0.05) is 17.0 Å². The summed E-state index contributed by atoms with van der Waals surface area (Å²) in [6, 6.07) is 11.6. The minimum Gasteiger partial charge on any atom is -0.399 e. The van der Waals surface area contributed by atoms with Crippen molar-refractivity contribution in [2.75, 3.05) is 5.73 Å². The van der Waals surface area contributed by atoms with Crippen LogP contribution in [0.2, 0.25) is 0 Å². The maximum Gasteiger partial charge on any atom is 0.173 e. The Morgan fingerprint density at radius 1 is 1.18 bits per heavy atom. The highest BCUT2D eigenvalue weighted by atomic mass is 32.1. The first-order chi connectivity index (χ1) is 8.15. The number of nitrogens with two attached hydrogens (primary N) is 1. The highest BCUT2D eigenvalue weighted by Gasteiger charge is 2.08. The number of carbonyl (C=O) groups excluding carboxylic acids is 1. The fraction of sp³-hybridized carbons (Fsp3) is 0.214. The summed E-state index contributed by atoms with van der Waals surface area (Å²) in [5, 5.41) is 0. The third-order valence-corrected chi connectivity index (χ3v) is 3.68. The fourth-order valence-electron chi connectivity index (χ4n) is 1.65. The van der Waals surface area contributed by atoms with E-state index in [4.69, 9.17) is 5.73 Å². The van der Waals surface area contributed by atoms with Gasteiger partial charge in [-0.15, -0.1) is 11.3 Å². The molecule has 17 heavy (non-hydrogen) atoms. The third kappa shape index (κ3) is 3.17. The van der Waals surface area contributed by atoms with Crippen LogP contribution >= 0.6 is 11.3 Å². The molecule has 1 heterocycles. The number of Topliss-reactive ketones (excluding diaryl/α,β-unsaturated/α-hetero) is 1. The van der Waals surface area contributed by atoms with Crippen molar-refractivity contribution in [1.29, 1.82) is 0 Å². The SMILES string of the molecule is Cc1ccc(C(=O)CCc2ccc(N)cc2)s1. The van der Waals surface area contributed by atoms with Crippen LogP contribution in [0.4, 0.5) is 5.69 Å². The van der Waals surface area contributed by atoms with Crippen LogP contribution in [0, 0.1) is 6.92 Å². The number of rotatable bonds is 4. The smallest absolute Gasteiger partial charge is 0.173 e. The van der Waals surface area contributed by atoms with E-state index in [0.717, 1.165) is 22.5 Å². The van der Waals surface area contributed by atoms with Gasteiger partial charge in [0.05, 0.1) is 4.88 Å². The molecule has 0 aliphatic rings. The summed E-state index contributed by atoms with van der Waals surface area (Å²) in [5.74, 6) is 0.222. The first kappa shape index (κ1) is 11.9. The van der Waals surface area contributed by atoms with Crippen LogP contribution in [0.5, 0.6) is 0 Å². The zero-order chi connectivity index (χ0) is 12.3.